The van der Waals surface area contributed by atoms with E-state index in [2.05, 4.69) is 5.32 Å². The summed E-state index contributed by atoms with van der Waals surface area (Å²) in [6, 6.07) is 4.56. The first-order chi connectivity index (χ1) is 14.0. The molecule has 0 spiro atoms. The Morgan fingerprint density at radius 2 is 1.97 bits per heavy atom. The van der Waals surface area contributed by atoms with Gasteiger partial charge in [0.1, 0.15) is 0 Å². The van der Waals surface area contributed by atoms with Gasteiger partial charge >= 0.3 is 11.9 Å². The number of carboxylic acids is 2. The highest BCUT2D eigenvalue weighted by molar-refractivity contribution is 5.84. The first kappa shape index (κ1) is 22.2. The van der Waals surface area contributed by atoms with E-state index >= 15 is 0 Å². The van der Waals surface area contributed by atoms with E-state index in [1.165, 1.54) is 25.1 Å². The lowest BCUT2D eigenvalue weighted by Crippen LogP contribution is -2.69. The largest absolute Gasteiger partial charge is 0.481 e. The van der Waals surface area contributed by atoms with Crippen LogP contribution in [0.5, 0.6) is 0 Å². The molecule has 2 aliphatic rings. The third kappa shape index (κ3) is 3.35. The smallest absolute Gasteiger partial charge is 0.311 e. The third-order valence-corrected chi connectivity index (χ3v) is 7.15. The molecule has 0 radical (unpaired) electrons. The molecular weight excluding hydrogens is 392 g/mol. The number of nitrogens with one attached hydrogen (secondary N) is 1. The van der Waals surface area contributed by atoms with Gasteiger partial charge in [-0.15, -0.1) is 0 Å². The number of aliphatic carboxylic acids is 2. The lowest BCUT2D eigenvalue weighted by Gasteiger charge is -2.56. The van der Waals surface area contributed by atoms with Crippen molar-refractivity contribution in [1.82, 2.24) is 5.32 Å². The van der Waals surface area contributed by atoms with Gasteiger partial charge in [-0.25, -0.2) is 0 Å². The van der Waals surface area contributed by atoms with Gasteiger partial charge in [0.25, 0.3) is 5.69 Å². The summed E-state index contributed by atoms with van der Waals surface area (Å²) < 4.78 is 5.73. The molecule has 0 amide bonds. The van der Waals surface area contributed by atoms with Crippen molar-refractivity contribution in [1.29, 1.82) is 0 Å². The van der Waals surface area contributed by atoms with Crippen LogP contribution in [0.2, 0.25) is 0 Å². The van der Waals surface area contributed by atoms with E-state index < -0.39 is 45.7 Å². The fourth-order valence-electron chi connectivity index (χ4n) is 5.37. The van der Waals surface area contributed by atoms with Crippen molar-refractivity contribution in [3.05, 3.63) is 39.9 Å². The van der Waals surface area contributed by atoms with Crippen LogP contribution in [0.4, 0.5) is 5.69 Å². The molecule has 0 aromatic heterocycles. The van der Waals surface area contributed by atoms with Crippen molar-refractivity contribution in [2.45, 2.75) is 64.1 Å². The quantitative estimate of drug-likeness (QED) is 0.472. The third-order valence-electron chi connectivity index (χ3n) is 7.15. The second kappa shape index (κ2) is 7.96. The summed E-state index contributed by atoms with van der Waals surface area (Å²) >= 11 is 0. The minimum atomic E-state index is -1.52. The normalized spacial score (nSPS) is 36.4. The molecule has 164 valence electrons. The minimum Gasteiger partial charge on any atom is -0.481 e. The van der Waals surface area contributed by atoms with Crippen LogP contribution in [0.1, 0.15) is 51.5 Å². The van der Waals surface area contributed by atoms with Gasteiger partial charge in [0.2, 0.25) is 0 Å². The molecule has 3 N–H and O–H groups in total. The molecule has 6 atom stereocenters. The number of hydrogen-bond donors (Lipinski definition) is 3. The molecule has 0 aliphatic carbocycles. The topological polar surface area (TPSA) is 139 Å². The molecule has 0 saturated carbocycles. The van der Waals surface area contributed by atoms with E-state index in [-0.39, 0.29) is 18.2 Å². The van der Waals surface area contributed by atoms with Gasteiger partial charge in [0, 0.05) is 36.7 Å². The summed E-state index contributed by atoms with van der Waals surface area (Å²) in [5.41, 5.74) is -2.90. The van der Waals surface area contributed by atoms with Gasteiger partial charge < -0.3 is 20.3 Å². The maximum absolute atomic E-state index is 12.9. The summed E-state index contributed by atoms with van der Waals surface area (Å²) in [6.45, 7) is 5.52. The molecule has 3 rings (SSSR count). The van der Waals surface area contributed by atoms with Crippen molar-refractivity contribution in [2.24, 2.45) is 10.8 Å². The highest BCUT2D eigenvalue weighted by atomic mass is 16.6. The number of rotatable bonds is 6. The zero-order valence-corrected chi connectivity index (χ0v) is 17.3. The predicted octanol–water partition coefficient (Wildman–Crippen LogP) is 2.79. The number of piperidine rings is 1. The van der Waals surface area contributed by atoms with E-state index in [4.69, 9.17) is 4.74 Å². The predicted molar refractivity (Wildman–Crippen MR) is 107 cm³/mol. The number of nitro groups is 1. The number of hydrogen-bond acceptors (Lipinski definition) is 6. The Kier molecular flexibility index (Phi) is 5.88. The van der Waals surface area contributed by atoms with E-state index in [0.717, 1.165) is 6.42 Å². The summed E-state index contributed by atoms with van der Waals surface area (Å²) in [7, 11) is 0. The number of nitro benzene ring substituents is 1. The summed E-state index contributed by atoms with van der Waals surface area (Å²) in [6.07, 6.45) is 1.33. The van der Waals surface area contributed by atoms with Crippen molar-refractivity contribution >= 4 is 17.6 Å². The highest BCUT2D eigenvalue weighted by Gasteiger charge is 2.65. The van der Waals surface area contributed by atoms with Crippen LogP contribution < -0.4 is 5.32 Å². The Hall–Kier alpha value is -2.52. The molecular formula is C21H28N2O7. The number of nitrogens with zero attached hydrogens (tertiary/aromatic N) is 1. The zero-order valence-electron chi connectivity index (χ0n) is 17.3. The summed E-state index contributed by atoms with van der Waals surface area (Å²) in [5, 5.41) is 35.3. The lowest BCUT2D eigenvalue weighted by molar-refractivity contribution is -0.385. The molecule has 0 bridgehead atoms. The maximum atomic E-state index is 12.9. The average Bonchev–Trinajstić information content (AvgIpc) is 3.18. The minimum absolute atomic E-state index is 0.124. The fourth-order valence-corrected chi connectivity index (χ4v) is 5.37. The van der Waals surface area contributed by atoms with Crippen LogP contribution in [0.15, 0.2) is 24.3 Å². The Morgan fingerprint density at radius 1 is 1.27 bits per heavy atom. The number of carboxylic acid groups (broad SMARTS) is 2. The Bertz CT molecular complexity index is 854. The van der Waals surface area contributed by atoms with Crippen molar-refractivity contribution in [3.8, 4) is 0 Å². The second-order valence-corrected chi connectivity index (χ2v) is 8.67. The number of non-ortho nitro benzene ring substituents is 1. The molecule has 9 nitrogen and oxygen atoms in total. The number of ether oxygens (including phenoxy) is 1. The lowest BCUT2D eigenvalue weighted by atomic mass is 9.51. The Balaban J connectivity index is 2.27. The highest BCUT2D eigenvalue weighted by Crippen LogP contribution is 2.58. The Morgan fingerprint density at radius 3 is 2.50 bits per heavy atom. The molecule has 1 aromatic rings. The fraction of sp³-hybridized carbons (Fsp3) is 0.619. The first-order valence-corrected chi connectivity index (χ1v) is 10.1. The van der Waals surface area contributed by atoms with Gasteiger partial charge in [-0.2, -0.15) is 0 Å². The average molecular weight is 420 g/mol. The van der Waals surface area contributed by atoms with Crippen LogP contribution >= 0.6 is 0 Å². The molecule has 1 aromatic carbocycles. The van der Waals surface area contributed by atoms with Gasteiger partial charge in [-0.3, -0.25) is 19.7 Å². The number of carbonyl (C=O) groups is 2. The van der Waals surface area contributed by atoms with Crippen molar-refractivity contribution in [3.63, 3.8) is 0 Å². The summed E-state index contributed by atoms with van der Waals surface area (Å²) in [4.78, 5) is 36.2. The maximum Gasteiger partial charge on any atom is 0.311 e. The van der Waals surface area contributed by atoms with Gasteiger partial charge in [0.15, 0.2) is 0 Å². The summed E-state index contributed by atoms with van der Waals surface area (Å²) in [5.74, 6) is -3.28. The molecule has 6 unspecified atom stereocenters. The van der Waals surface area contributed by atoms with Gasteiger partial charge in [0.05, 0.1) is 21.9 Å². The van der Waals surface area contributed by atoms with Crippen LogP contribution in [-0.2, 0) is 14.3 Å². The molecule has 2 fully saturated rings. The standard InChI is InChI=1S/C21H28N2O7/c1-12-20(3,18(24)25)17(14-6-4-7-15(10-14)23(28)29)21(19(26)27,13(2)22-12)11-16-8-5-9-30-16/h4,6-7,10,12-13,16-17,22H,5,8-9,11H2,1-3H3,(H,24,25)(H,26,27). The molecule has 2 heterocycles. The van der Waals surface area contributed by atoms with Crippen LogP contribution in [0.25, 0.3) is 0 Å². The van der Waals surface area contributed by atoms with Crippen molar-refractivity contribution < 1.29 is 29.5 Å². The van der Waals surface area contributed by atoms with Crippen LogP contribution in [0, 0.1) is 20.9 Å². The molecule has 2 aliphatic heterocycles. The van der Waals surface area contributed by atoms with Gasteiger partial charge in [-0.05, 0) is 45.6 Å². The Labute approximate surface area is 174 Å². The molecule has 30 heavy (non-hydrogen) atoms. The van der Waals surface area contributed by atoms with Crippen LogP contribution in [-0.4, -0.2) is 51.9 Å². The molecule has 2 saturated heterocycles. The van der Waals surface area contributed by atoms with E-state index in [1.54, 1.807) is 19.9 Å². The second-order valence-electron chi connectivity index (χ2n) is 8.67. The van der Waals surface area contributed by atoms with Gasteiger partial charge in [-0.1, -0.05) is 12.1 Å². The molecule has 9 heteroatoms. The first-order valence-electron chi connectivity index (χ1n) is 10.1. The van der Waals surface area contributed by atoms with Crippen LogP contribution in [0.3, 0.4) is 0 Å². The van der Waals surface area contributed by atoms with E-state index in [0.29, 0.717) is 18.6 Å². The monoisotopic (exact) mass is 420 g/mol. The number of benzene rings is 1. The zero-order chi connectivity index (χ0) is 22.3. The van der Waals surface area contributed by atoms with E-state index in [9.17, 15) is 29.9 Å². The van der Waals surface area contributed by atoms with E-state index in [1.807, 2.05) is 0 Å². The van der Waals surface area contributed by atoms with Crippen molar-refractivity contribution in [2.75, 3.05) is 6.61 Å². The SMILES string of the molecule is CC1NC(C)C(CC2CCCO2)(C(=O)O)C(c2cccc([N+](=O)[O-])c2)C1(C)C(=O)O.